The van der Waals surface area contributed by atoms with E-state index in [1.165, 1.54) is 0 Å². The molecular formula is C9H17NO. The van der Waals surface area contributed by atoms with Gasteiger partial charge in [-0.3, -0.25) is 0 Å². The summed E-state index contributed by atoms with van der Waals surface area (Å²) in [5, 5.41) is 3.22. The quantitative estimate of drug-likeness (QED) is 0.484. The Morgan fingerprint density at radius 1 is 1.55 bits per heavy atom. The van der Waals surface area contributed by atoms with Crippen LogP contribution in [0, 0.1) is 0 Å². The molecule has 0 rings (SSSR count). The number of nitrogens with one attached hydrogen (secondary N) is 1. The van der Waals surface area contributed by atoms with Gasteiger partial charge in [0.25, 0.3) is 0 Å². The lowest BCUT2D eigenvalue weighted by Gasteiger charge is -2.10. The molecule has 0 atom stereocenters. The van der Waals surface area contributed by atoms with Gasteiger partial charge in [0.1, 0.15) is 5.76 Å². The van der Waals surface area contributed by atoms with Crippen molar-refractivity contribution >= 4 is 0 Å². The van der Waals surface area contributed by atoms with Gasteiger partial charge in [-0.15, -0.1) is 0 Å². The molecule has 0 aliphatic rings. The maximum atomic E-state index is 5.10. The second-order valence-corrected chi connectivity index (χ2v) is 2.13. The molecule has 0 spiro atoms. The highest BCUT2D eigenvalue weighted by Crippen LogP contribution is 2.06. The molecule has 0 aromatic heterocycles. The number of ether oxygens (including phenoxy) is 1. The number of rotatable bonds is 5. The average molecular weight is 155 g/mol. The fraction of sp³-hybridized carbons (Fsp3) is 0.556. The predicted molar refractivity (Wildman–Crippen MR) is 48.2 cm³/mol. The van der Waals surface area contributed by atoms with E-state index in [1.54, 1.807) is 13.2 Å². The van der Waals surface area contributed by atoms with Crippen molar-refractivity contribution in [3.63, 3.8) is 0 Å². The molecule has 11 heavy (non-hydrogen) atoms. The molecule has 1 N–H and O–H groups in total. The van der Waals surface area contributed by atoms with Gasteiger partial charge in [0, 0.05) is 6.54 Å². The molecule has 0 saturated heterocycles. The van der Waals surface area contributed by atoms with Crippen molar-refractivity contribution in [1.29, 1.82) is 0 Å². The zero-order valence-electron chi connectivity index (χ0n) is 7.61. The highest BCUT2D eigenvalue weighted by Gasteiger charge is 1.98. The second kappa shape index (κ2) is 5.83. The first-order valence-electron chi connectivity index (χ1n) is 3.93. The lowest BCUT2D eigenvalue weighted by Crippen LogP contribution is -2.14. The van der Waals surface area contributed by atoms with E-state index in [1.807, 2.05) is 0 Å². The van der Waals surface area contributed by atoms with Crippen LogP contribution in [0.25, 0.3) is 0 Å². The molecule has 0 unspecified atom stereocenters. The third-order valence-electron chi connectivity index (χ3n) is 1.45. The van der Waals surface area contributed by atoms with Gasteiger partial charge in [0.15, 0.2) is 0 Å². The lowest BCUT2D eigenvalue weighted by atomic mass is 10.3. The molecule has 0 heterocycles. The van der Waals surface area contributed by atoms with E-state index in [4.69, 9.17) is 4.74 Å². The van der Waals surface area contributed by atoms with Crippen LogP contribution in [-0.4, -0.2) is 13.7 Å². The van der Waals surface area contributed by atoms with E-state index in [0.717, 1.165) is 24.4 Å². The van der Waals surface area contributed by atoms with Gasteiger partial charge >= 0.3 is 0 Å². The Morgan fingerprint density at radius 2 is 2.18 bits per heavy atom. The Bertz CT molecular complexity index is 150. The third kappa shape index (κ3) is 3.12. The predicted octanol–water partition coefficient (Wildman–Crippen LogP) is 2.05. The van der Waals surface area contributed by atoms with Crippen LogP contribution in [0.2, 0.25) is 0 Å². The van der Waals surface area contributed by atoms with Gasteiger partial charge < -0.3 is 10.1 Å². The van der Waals surface area contributed by atoms with E-state index in [0.29, 0.717) is 0 Å². The highest BCUT2D eigenvalue weighted by atomic mass is 16.5. The molecule has 2 heteroatoms. The summed E-state index contributed by atoms with van der Waals surface area (Å²) in [7, 11) is 1.66. The van der Waals surface area contributed by atoms with Crippen LogP contribution in [0.1, 0.15) is 20.3 Å². The van der Waals surface area contributed by atoms with Crippen molar-refractivity contribution < 1.29 is 4.74 Å². The van der Waals surface area contributed by atoms with E-state index in [9.17, 15) is 0 Å². The van der Waals surface area contributed by atoms with Crippen molar-refractivity contribution in [2.24, 2.45) is 0 Å². The molecule has 0 bridgehead atoms. The van der Waals surface area contributed by atoms with Crippen LogP contribution >= 0.6 is 0 Å². The summed E-state index contributed by atoms with van der Waals surface area (Å²) in [5.74, 6) is 0.842. The zero-order chi connectivity index (χ0) is 8.69. The van der Waals surface area contributed by atoms with Crippen LogP contribution < -0.4 is 5.32 Å². The fourth-order valence-electron chi connectivity index (χ4n) is 0.929. The van der Waals surface area contributed by atoms with Crippen molar-refractivity contribution in [1.82, 2.24) is 5.32 Å². The van der Waals surface area contributed by atoms with Gasteiger partial charge in [-0.2, -0.15) is 0 Å². The van der Waals surface area contributed by atoms with E-state index >= 15 is 0 Å². The number of hydrogen-bond acceptors (Lipinski definition) is 2. The van der Waals surface area contributed by atoms with E-state index in [2.05, 4.69) is 25.7 Å². The van der Waals surface area contributed by atoms with Gasteiger partial charge in [0.05, 0.1) is 12.8 Å². The number of allylic oxidation sites excluding steroid dienone is 2. The molecule has 0 radical (unpaired) electrons. The largest absolute Gasteiger partial charge is 0.495 e. The minimum Gasteiger partial charge on any atom is -0.495 e. The van der Waals surface area contributed by atoms with E-state index < -0.39 is 0 Å². The Kier molecular flexibility index (Phi) is 5.35. The molecule has 0 amide bonds. The monoisotopic (exact) mass is 155 g/mol. The van der Waals surface area contributed by atoms with Crippen molar-refractivity contribution in [3.8, 4) is 0 Å². The normalized spacial score (nSPS) is 11.9. The first-order valence-corrected chi connectivity index (χ1v) is 3.93. The minimum atomic E-state index is 0.842. The van der Waals surface area contributed by atoms with Crippen molar-refractivity contribution in [3.05, 3.63) is 24.1 Å². The van der Waals surface area contributed by atoms with Gasteiger partial charge in [-0.05, 0) is 19.4 Å². The summed E-state index contributed by atoms with van der Waals surface area (Å²) in [5.41, 5.74) is 1.12. The fourth-order valence-corrected chi connectivity index (χ4v) is 0.929. The zero-order valence-corrected chi connectivity index (χ0v) is 7.61. The van der Waals surface area contributed by atoms with Crippen LogP contribution in [0.15, 0.2) is 24.1 Å². The number of hydrogen-bond donors (Lipinski definition) is 1. The molecule has 0 aromatic carbocycles. The van der Waals surface area contributed by atoms with Crippen LogP contribution in [0.5, 0.6) is 0 Å². The molecule has 0 aliphatic carbocycles. The SMILES string of the molecule is C=C/C(OC)=C(\CC)NCC. The van der Waals surface area contributed by atoms with Crippen LogP contribution in [0.4, 0.5) is 0 Å². The molecule has 0 fully saturated rings. The summed E-state index contributed by atoms with van der Waals surface area (Å²) in [6.07, 6.45) is 2.67. The third-order valence-corrected chi connectivity index (χ3v) is 1.45. The minimum absolute atomic E-state index is 0.842. The highest BCUT2D eigenvalue weighted by molar-refractivity contribution is 5.16. The summed E-state index contributed by atoms with van der Waals surface area (Å²) in [6.45, 7) is 8.73. The van der Waals surface area contributed by atoms with Crippen LogP contribution in [-0.2, 0) is 4.74 Å². The Hall–Kier alpha value is -0.920. The first-order chi connectivity index (χ1) is 5.29. The Labute approximate surface area is 68.9 Å². The molecule has 0 aromatic rings. The molecule has 0 aliphatic heterocycles. The molecular weight excluding hydrogens is 138 g/mol. The standard InChI is InChI=1S/C9H17NO/c1-5-8(10-7-3)9(6-2)11-4/h6,10H,2,5,7H2,1,3-4H3/b9-8-. The van der Waals surface area contributed by atoms with Gasteiger partial charge in [0.2, 0.25) is 0 Å². The molecule has 0 saturated carbocycles. The Morgan fingerprint density at radius 3 is 2.45 bits per heavy atom. The first kappa shape index (κ1) is 10.1. The van der Waals surface area contributed by atoms with Gasteiger partial charge in [-0.25, -0.2) is 0 Å². The number of methoxy groups -OCH3 is 1. The lowest BCUT2D eigenvalue weighted by molar-refractivity contribution is 0.298. The maximum Gasteiger partial charge on any atom is 0.137 e. The smallest absolute Gasteiger partial charge is 0.137 e. The average Bonchev–Trinajstić information content (AvgIpc) is 2.05. The van der Waals surface area contributed by atoms with Crippen molar-refractivity contribution in [2.75, 3.05) is 13.7 Å². The molecule has 64 valence electrons. The van der Waals surface area contributed by atoms with E-state index in [-0.39, 0.29) is 0 Å². The summed E-state index contributed by atoms with van der Waals surface area (Å²) in [4.78, 5) is 0. The van der Waals surface area contributed by atoms with Gasteiger partial charge in [-0.1, -0.05) is 13.5 Å². The second-order valence-electron chi connectivity index (χ2n) is 2.13. The maximum absolute atomic E-state index is 5.10. The van der Waals surface area contributed by atoms with Crippen LogP contribution in [0.3, 0.4) is 0 Å². The Balaban J connectivity index is 4.33. The van der Waals surface area contributed by atoms with Crippen molar-refractivity contribution in [2.45, 2.75) is 20.3 Å². The summed E-state index contributed by atoms with van der Waals surface area (Å²) < 4.78 is 5.10. The summed E-state index contributed by atoms with van der Waals surface area (Å²) >= 11 is 0. The molecule has 2 nitrogen and oxygen atoms in total. The topological polar surface area (TPSA) is 21.3 Å². The summed E-state index contributed by atoms with van der Waals surface area (Å²) in [6, 6.07) is 0.